The number of fused-ring (bicyclic) bond motifs is 2. The van der Waals surface area contributed by atoms with E-state index < -0.39 is 10.0 Å². The first-order chi connectivity index (χ1) is 16.9. The van der Waals surface area contributed by atoms with Gasteiger partial charge in [0.15, 0.2) is 11.5 Å². The van der Waals surface area contributed by atoms with Gasteiger partial charge in [0.25, 0.3) is 0 Å². The molecule has 2 aliphatic rings. The van der Waals surface area contributed by atoms with E-state index in [0.29, 0.717) is 23.3 Å². The number of benzene rings is 2. The van der Waals surface area contributed by atoms with Gasteiger partial charge >= 0.3 is 0 Å². The van der Waals surface area contributed by atoms with Gasteiger partial charge in [-0.15, -0.1) is 0 Å². The lowest BCUT2D eigenvalue weighted by Crippen LogP contribution is -2.54. The Balaban J connectivity index is 1.22. The minimum Gasteiger partial charge on any atom is -0.492 e. The number of piperazine rings is 1. The van der Waals surface area contributed by atoms with Gasteiger partial charge in [-0.3, -0.25) is 14.8 Å². The standard InChI is InChI=1S/C25H30N4O5S/c1-3-32-22-8-9-24(20-5-4-10-26-25(20)22)35(30,31)27-18(2)29-13-11-28(12-14-29)16-19-6-7-21-23(15-19)34-17-33-21/h4-10,15,18,27H,3,11-14,16-17H2,1-2H3. The van der Waals surface area contributed by atoms with Crippen LogP contribution in [0.3, 0.4) is 0 Å². The number of nitrogens with zero attached hydrogens (tertiary/aromatic N) is 3. The van der Waals surface area contributed by atoms with E-state index in [4.69, 9.17) is 14.2 Å². The summed E-state index contributed by atoms with van der Waals surface area (Å²) in [6.07, 6.45) is 1.30. The van der Waals surface area contributed by atoms with Crippen molar-refractivity contribution in [2.75, 3.05) is 39.6 Å². The van der Waals surface area contributed by atoms with Crippen molar-refractivity contribution in [3.63, 3.8) is 0 Å². The summed E-state index contributed by atoms with van der Waals surface area (Å²) in [5.74, 6) is 2.16. The van der Waals surface area contributed by atoms with Crippen LogP contribution in [0.15, 0.2) is 53.6 Å². The molecule has 2 aliphatic heterocycles. The molecule has 0 bridgehead atoms. The van der Waals surface area contributed by atoms with Crippen molar-refractivity contribution < 1.29 is 22.6 Å². The van der Waals surface area contributed by atoms with Crippen molar-refractivity contribution in [2.24, 2.45) is 0 Å². The number of sulfonamides is 1. The Bertz CT molecular complexity index is 1310. The molecule has 0 radical (unpaired) electrons. The molecule has 1 unspecified atom stereocenters. The second-order valence-corrected chi connectivity index (χ2v) is 10.4. The summed E-state index contributed by atoms with van der Waals surface area (Å²) in [6, 6.07) is 12.8. The summed E-state index contributed by atoms with van der Waals surface area (Å²) < 4.78 is 46.0. The van der Waals surface area contributed by atoms with Gasteiger partial charge in [-0.05, 0) is 55.8 Å². The third kappa shape index (κ3) is 5.06. The van der Waals surface area contributed by atoms with E-state index >= 15 is 0 Å². The van der Waals surface area contributed by atoms with Crippen molar-refractivity contribution in [2.45, 2.75) is 31.5 Å². The van der Waals surface area contributed by atoms with Gasteiger partial charge in [0.2, 0.25) is 16.8 Å². The molecule has 10 heteroatoms. The molecular weight excluding hydrogens is 468 g/mol. The number of ether oxygens (including phenoxy) is 3. The van der Waals surface area contributed by atoms with Crippen LogP contribution in [0, 0.1) is 0 Å². The van der Waals surface area contributed by atoms with Crippen LogP contribution in [0.5, 0.6) is 17.2 Å². The monoisotopic (exact) mass is 498 g/mol. The van der Waals surface area contributed by atoms with Crippen LogP contribution in [-0.2, 0) is 16.6 Å². The van der Waals surface area contributed by atoms with E-state index in [1.54, 1.807) is 30.5 Å². The zero-order valence-electron chi connectivity index (χ0n) is 19.9. The summed E-state index contributed by atoms with van der Waals surface area (Å²) in [7, 11) is -3.76. The Morgan fingerprint density at radius 1 is 1.09 bits per heavy atom. The highest BCUT2D eigenvalue weighted by atomic mass is 32.2. The van der Waals surface area contributed by atoms with Gasteiger partial charge in [0.1, 0.15) is 11.3 Å². The van der Waals surface area contributed by atoms with Crippen LogP contribution in [0.25, 0.3) is 10.9 Å². The molecule has 0 amide bonds. The van der Waals surface area contributed by atoms with Crippen molar-refractivity contribution in [1.29, 1.82) is 0 Å². The Kier molecular flexibility index (Phi) is 6.79. The lowest BCUT2D eigenvalue weighted by atomic mass is 10.1. The second kappa shape index (κ2) is 9.98. The SMILES string of the molecule is CCOc1ccc(S(=O)(=O)NC(C)N2CCN(Cc3ccc4c(c3)OCO4)CC2)c2cccnc12. The highest BCUT2D eigenvalue weighted by Crippen LogP contribution is 2.33. The highest BCUT2D eigenvalue weighted by Gasteiger charge is 2.27. The summed E-state index contributed by atoms with van der Waals surface area (Å²) in [5.41, 5.74) is 1.72. The number of hydrogen-bond donors (Lipinski definition) is 1. The van der Waals surface area contributed by atoms with Crippen LogP contribution < -0.4 is 18.9 Å². The average molecular weight is 499 g/mol. The van der Waals surface area contributed by atoms with Gasteiger partial charge in [0, 0.05) is 44.3 Å². The minimum absolute atomic E-state index is 0.206. The Morgan fingerprint density at radius 3 is 2.69 bits per heavy atom. The fraction of sp³-hybridized carbons (Fsp3) is 0.400. The maximum atomic E-state index is 13.3. The summed E-state index contributed by atoms with van der Waals surface area (Å²) in [5, 5.41) is 0.548. The predicted octanol–water partition coefficient (Wildman–Crippen LogP) is 2.80. The van der Waals surface area contributed by atoms with Crippen LogP contribution in [0.1, 0.15) is 19.4 Å². The van der Waals surface area contributed by atoms with E-state index in [9.17, 15) is 8.42 Å². The zero-order chi connectivity index (χ0) is 24.4. The molecule has 1 saturated heterocycles. The lowest BCUT2D eigenvalue weighted by molar-refractivity contribution is 0.0938. The smallest absolute Gasteiger partial charge is 0.242 e. The molecule has 35 heavy (non-hydrogen) atoms. The van der Waals surface area contributed by atoms with E-state index in [0.717, 1.165) is 44.2 Å². The lowest BCUT2D eigenvalue weighted by Gasteiger charge is -2.38. The van der Waals surface area contributed by atoms with E-state index in [-0.39, 0.29) is 17.9 Å². The van der Waals surface area contributed by atoms with Gasteiger partial charge in [-0.1, -0.05) is 6.07 Å². The van der Waals surface area contributed by atoms with Crippen LogP contribution in [0.2, 0.25) is 0 Å². The maximum Gasteiger partial charge on any atom is 0.242 e. The quantitative estimate of drug-likeness (QED) is 0.507. The molecule has 186 valence electrons. The third-order valence-electron chi connectivity index (χ3n) is 6.41. The number of rotatable bonds is 8. The zero-order valence-corrected chi connectivity index (χ0v) is 20.8. The summed E-state index contributed by atoms with van der Waals surface area (Å²) >= 11 is 0. The number of nitrogens with one attached hydrogen (secondary N) is 1. The van der Waals surface area contributed by atoms with Gasteiger partial charge in [0.05, 0.1) is 17.7 Å². The molecule has 5 rings (SSSR count). The Morgan fingerprint density at radius 2 is 1.89 bits per heavy atom. The molecule has 9 nitrogen and oxygen atoms in total. The van der Waals surface area contributed by atoms with E-state index in [2.05, 4.69) is 25.6 Å². The van der Waals surface area contributed by atoms with Crippen molar-refractivity contribution in [3.05, 3.63) is 54.2 Å². The van der Waals surface area contributed by atoms with Crippen molar-refractivity contribution in [1.82, 2.24) is 19.5 Å². The van der Waals surface area contributed by atoms with Crippen LogP contribution >= 0.6 is 0 Å². The molecule has 1 N–H and O–H groups in total. The largest absolute Gasteiger partial charge is 0.492 e. The average Bonchev–Trinajstić information content (AvgIpc) is 3.32. The van der Waals surface area contributed by atoms with Crippen molar-refractivity contribution >= 4 is 20.9 Å². The number of aromatic nitrogens is 1. The first-order valence-corrected chi connectivity index (χ1v) is 13.3. The first kappa shape index (κ1) is 23.8. The Hall–Kier alpha value is -2.92. The van der Waals surface area contributed by atoms with E-state index in [1.807, 2.05) is 26.0 Å². The molecule has 0 saturated carbocycles. The molecule has 0 aliphatic carbocycles. The van der Waals surface area contributed by atoms with Gasteiger partial charge < -0.3 is 14.2 Å². The first-order valence-electron chi connectivity index (χ1n) is 11.8. The normalized spacial score (nSPS) is 17.5. The fourth-order valence-corrected chi connectivity index (χ4v) is 6.02. The van der Waals surface area contributed by atoms with Gasteiger partial charge in [-0.2, -0.15) is 4.72 Å². The number of pyridine rings is 1. The molecule has 1 atom stereocenters. The summed E-state index contributed by atoms with van der Waals surface area (Å²) in [4.78, 5) is 9.08. The molecule has 0 spiro atoms. The van der Waals surface area contributed by atoms with E-state index in [1.165, 1.54) is 5.56 Å². The molecule has 3 aromatic rings. The van der Waals surface area contributed by atoms with Crippen LogP contribution in [-0.4, -0.2) is 68.9 Å². The summed E-state index contributed by atoms with van der Waals surface area (Å²) in [6.45, 7) is 8.56. The highest BCUT2D eigenvalue weighted by molar-refractivity contribution is 7.89. The predicted molar refractivity (Wildman–Crippen MR) is 132 cm³/mol. The topological polar surface area (TPSA) is 93.2 Å². The molecule has 3 heterocycles. The third-order valence-corrected chi connectivity index (χ3v) is 7.99. The fourth-order valence-electron chi connectivity index (χ4n) is 4.60. The molecule has 2 aromatic carbocycles. The van der Waals surface area contributed by atoms with Gasteiger partial charge in [-0.25, -0.2) is 8.42 Å². The number of hydrogen-bond acceptors (Lipinski definition) is 8. The van der Waals surface area contributed by atoms with Crippen LogP contribution in [0.4, 0.5) is 0 Å². The molecular formula is C25H30N4O5S. The Labute approximate surface area is 205 Å². The minimum atomic E-state index is -3.76. The maximum absolute atomic E-state index is 13.3. The molecule has 1 fully saturated rings. The van der Waals surface area contributed by atoms with Crippen molar-refractivity contribution in [3.8, 4) is 17.2 Å². The second-order valence-electron chi connectivity index (χ2n) is 8.69. The molecule has 1 aromatic heterocycles.